The molecule has 2 aliphatic rings. The van der Waals surface area contributed by atoms with E-state index in [9.17, 15) is 0 Å². The average Bonchev–Trinajstić information content (AvgIpc) is 3.20. The highest BCUT2D eigenvalue weighted by atomic mass is 32.2. The van der Waals surface area contributed by atoms with E-state index in [-0.39, 0.29) is 0 Å². The summed E-state index contributed by atoms with van der Waals surface area (Å²) in [7, 11) is 0. The third kappa shape index (κ3) is 2.24. The molecule has 0 bridgehead atoms. The van der Waals surface area contributed by atoms with Gasteiger partial charge in [0.1, 0.15) is 5.82 Å². The largest absolute Gasteiger partial charge is 0.378 e. The highest BCUT2D eigenvalue weighted by molar-refractivity contribution is 7.99. The van der Waals surface area contributed by atoms with E-state index in [4.69, 9.17) is 9.72 Å². The van der Waals surface area contributed by atoms with Crippen LogP contribution >= 0.6 is 11.8 Å². The Labute approximate surface area is 113 Å². The second-order valence-corrected chi connectivity index (χ2v) is 6.34. The van der Waals surface area contributed by atoms with Crippen LogP contribution in [0.3, 0.4) is 0 Å². The minimum absolute atomic E-state index is 0.384. The molecule has 2 fully saturated rings. The number of aryl methyl sites for hydroxylation is 1. The Bertz CT molecular complexity index is 439. The van der Waals surface area contributed by atoms with Crippen LogP contribution in [0.15, 0.2) is 12.1 Å². The number of thioether (sulfide) groups is 1. The van der Waals surface area contributed by atoms with Crippen molar-refractivity contribution in [2.75, 3.05) is 37.5 Å². The number of aromatic nitrogens is 1. The Hall–Kier alpha value is -0.740. The molecule has 3 rings (SSSR count). The van der Waals surface area contributed by atoms with Crippen molar-refractivity contribution in [3.8, 4) is 0 Å². The van der Waals surface area contributed by atoms with Crippen LogP contribution in [0.2, 0.25) is 0 Å². The molecule has 1 saturated carbocycles. The summed E-state index contributed by atoms with van der Waals surface area (Å²) >= 11 is 1.98. The zero-order chi connectivity index (χ0) is 12.6. The lowest BCUT2D eigenvalue weighted by molar-refractivity contribution is 0.122. The Morgan fingerprint density at radius 3 is 2.61 bits per heavy atom. The Morgan fingerprint density at radius 2 is 2.00 bits per heavy atom. The van der Waals surface area contributed by atoms with Crippen molar-refractivity contribution in [3.63, 3.8) is 0 Å². The third-order valence-electron chi connectivity index (χ3n) is 3.90. The molecule has 98 valence electrons. The van der Waals surface area contributed by atoms with E-state index in [1.807, 2.05) is 11.8 Å². The Balaban J connectivity index is 1.90. The lowest BCUT2D eigenvalue weighted by Gasteiger charge is -2.29. The molecule has 1 aliphatic heterocycles. The van der Waals surface area contributed by atoms with Gasteiger partial charge in [-0.15, -0.1) is 0 Å². The fourth-order valence-corrected chi connectivity index (χ4v) is 3.46. The van der Waals surface area contributed by atoms with E-state index in [2.05, 4.69) is 30.2 Å². The maximum atomic E-state index is 5.41. The van der Waals surface area contributed by atoms with Gasteiger partial charge in [-0.1, -0.05) is 0 Å². The summed E-state index contributed by atoms with van der Waals surface area (Å²) < 4.78 is 5.79. The van der Waals surface area contributed by atoms with Gasteiger partial charge in [-0.3, -0.25) is 0 Å². The molecule has 1 aliphatic carbocycles. The van der Waals surface area contributed by atoms with E-state index in [0.717, 1.165) is 37.8 Å². The first kappa shape index (κ1) is 12.3. The number of rotatable bonds is 3. The minimum atomic E-state index is 0.384. The fraction of sp³-hybridized carbons (Fsp3) is 0.643. The van der Waals surface area contributed by atoms with Crippen molar-refractivity contribution >= 4 is 17.6 Å². The maximum Gasteiger partial charge on any atom is 0.129 e. The SMILES string of the molecule is CSC1(c2cc(C)nc(N3CCOCC3)c2)CC1. The smallest absolute Gasteiger partial charge is 0.129 e. The predicted octanol–water partition coefficient (Wildman–Crippen LogP) is 2.58. The van der Waals surface area contributed by atoms with Gasteiger partial charge >= 0.3 is 0 Å². The summed E-state index contributed by atoms with van der Waals surface area (Å²) in [6.07, 6.45) is 4.83. The summed E-state index contributed by atoms with van der Waals surface area (Å²) in [5.41, 5.74) is 2.60. The number of pyridine rings is 1. The number of anilines is 1. The van der Waals surface area contributed by atoms with Gasteiger partial charge in [-0.25, -0.2) is 4.98 Å². The quantitative estimate of drug-likeness (QED) is 0.838. The molecule has 0 amide bonds. The van der Waals surface area contributed by atoms with Crippen LogP contribution in [0.25, 0.3) is 0 Å². The highest BCUT2D eigenvalue weighted by Gasteiger charge is 2.44. The van der Waals surface area contributed by atoms with Crippen molar-refractivity contribution in [2.45, 2.75) is 24.5 Å². The number of hydrogen-bond acceptors (Lipinski definition) is 4. The van der Waals surface area contributed by atoms with Crippen molar-refractivity contribution in [1.29, 1.82) is 0 Å². The van der Waals surface area contributed by atoms with E-state index >= 15 is 0 Å². The van der Waals surface area contributed by atoms with Gasteiger partial charge in [0.2, 0.25) is 0 Å². The van der Waals surface area contributed by atoms with Gasteiger partial charge in [-0.2, -0.15) is 11.8 Å². The summed E-state index contributed by atoms with van der Waals surface area (Å²) in [5, 5.41) is 0. The predicted molar refractivity (Wildman–Crippen MR) is 76.4 cm³/mol. The second kappa shape index (κ2) is 4.74. The molecule has 4 heteroatoms. The van der Waals surface area contributed by atoms with Crippen LogP contribution in [-0.2, 0) is 9.48 Å². The highest BCUT2D eigenvalue weighted by Crippen LogP contribution is 2.56. The molecule has 0 aromatic carbocycles. The van der Waals surface area contributed by atoms with Gasteiger partial charge in [0.15, 0.2) is 0 Å². The van der Waals surface area contributed by atoms with Gasteiger partial charge in [0.05, 0.1) is 13.2 Å². The first-order valence-corrected chi connectivity index (χ1v) is 7.83. The molecule has 0 N–H and O–H groups in total. The van der Waals surface area contributed by atoms with Crippen LogP contribution in [0.1, 0.15) is 24.1 Å². The summed E-state index contributed by atoms with van der Waals surface area (Å²) in [6.45, 7) is 5.66. The van der Waals surface area contributed by atoms with Crippen LogP contribution in [0, 0.1) is 6.92 Å². The van der Waals surface area contributed by atoms with E-state index < -0.39 is 0 Å². The van der Waals surface area contributed by atoms with E-state index in [1.54, 1.807) is 0 Å². The topological polar surface area (TPSA) is 25.4 Å². The molecular formula is C14H20N2OS. The number of ether oxygens (including phenoxy) is 1. The standard InChI is InChI=1S/C14H20N2OS/c1-11-9-12(14(18-2)3-4-14)10-13(15-11)16-5-7-17-8-6-16/h9-10H,3-8H2,1-2H3. The van der Waals surface area contributed by atoms with Crippen LogP contribution in [0.5, 0.6) is 0 Å². The van der Waals surface area contributed by atoms with Gasteiger partial charge < -0.3 is 9.64 Å². The minimum Gasteiger partial charge on any atom is -0.378 e. The van der Waals surface area contributed by atoms with Crippen molar-refractivity contribution < 1.29 is 4.74 Å². The molecular weight excluding hydrogens is 244 g/mol. The second-order valence-electron chi connectivity index (χ2n) is 5.15. The van der Waals surface area contributed by atoms with Gasteiger partial charge in [-0.05, 0) is 43.7 Å². The molecule has 0 atom stereocenters. The monoisotopic (exact) mass is 264 g/mol. The van der Waals surface area contributed by atoms with E-state index in [1.165, 1.54) is 18.4 Å². The van der Waals surface area contributed by atoms with Gasteiger partial charge in [0, 0.05) is 23.5 Å². The molecule has 1 aromatic heterocycles. The fourth-order valence-electron chi connectivity index (χ4n) is 2.59. The molecule has 1 saturated heterocycles. The Kier molecular flexibility index (Phi) is 3.24. The lowest BCUT2D eigenvalue weighted by Crippen LogP contribution is -2.37. The van der Waals surface area contributed by atoms with Crippen LogP contribution in [-0.4, -0.2) is 37.5 Å². The average molecular weight is 264 g/mol. The Morgan fingerprint density at radius 1 is 1.28 bits per heavy atom. The van der Waals surface area contributed by atoms with Crippen LogP contribution in [0.4, 0.5) is 5.82 Å². The van der Waals surface area contributed by atoms with E-state index in [0.29, 0.717) is 4.75 Å². The van der Waals surface area contributed by atoms with Gasteiger partial charge in [0.25, 0.3) is 0 Å². The summed E-state index contributed by atoms with van der Waals surface area (Å²) in [6, 6.07) is 4.55. The molecule has 1 aromatic rings. The first-order valence-electron chi connectivity index (χ1n) is 6.60. The first-order chi connectivity index (χ1) is 8.73. The van der Waals surface area contributed by atoms with Crippen LogP contribution < -0.4 is 4.90 Å². The number of nitrogens with zero attached hydrogens (tertiary/aromatic N) is 2. The maximum absolute atomic E-state index is 5.41. The third-order valence-corrected chi connectivity index (χ3v) is 5.32. The molecule has 0 spiro atoms. The molecule has 2 heterocycles. The van der Waals surface area contributed by atoms with Crippen molar-refractivity contribution in [1.82, 2.24) is 4.98 Å². The molecule has 3 nitrogen and oxygen atoms in total. The zero-order valence-electron chi connectivity index (χ0n) is 11.1. The normalized spacial score (nSPS) is 22.0. The number of morpholine rings is 1. The van der Waals surface area contributed by atoms with Crippen molar-refractivity contribution in [2.24, 2.45) is 0 Å². The zero-order valence-corrected chi connectivity index (χ0v) is 11.9. The summed E-state index contributed by atoms with van der Waals surface area (Å²) in [4.78, 5) is 7.04. The number of hydrogen-bond donors (Lipinski definition) is 0. The summed E-state index contributed by atoms with van der Waals surface area (Å²) in [5.74, 6) is 1.13. The molecule has 0 radical (unpaired) electrons. The molecule has 18 heavy (non-hydrogen) atoms. The molecule has 0 unspecified atom stereocenters. The lowest BCUT2D eigenvalue weighted by atomic mass is 10.1. The van der Waals surface area contributed by atoms with Crippen molar-refractivity contribution in [3.05, 3.63) is 23.4 Å².